The van der Waals surface area contributed by atoms with Crippen molar-refractivity contribution in [2.75, 3.05) is 36.5 Å². The number of nitrogens with zero attached hydrogens (tertiary/aromatic N) is 2. The molecule has 0 spiro atoms. The number of rotatable bonds is 4. The third kappa shape index (κ3) is 4.94. The molecule has 1 amide bonds. The van der Waals surface area contributed by atoms with Crippen molar-refractivity contribution >= 4 is 39.3 Å². The summed E-state index contributed by atoms with van der Waals surface area (Å²) in [6.45, 7) is 2.39. The third-order valence-corrected chi connectivity index (χ3v) is 4.63. The standard InChI is InChI=1S/C20H17BrFN3O2/c21-16-2-4-17(5-3-16)24-20(26)15(13-23)11-14-1-6-19(18(22)12-14)25-7-9-27-10-8-25/h1-6,11-12H,7-10H2,(H,24,26)/b15-11-. The number of ether oxygens (including phenoxy) is 1. The lowest BCUT2D eigenvalue weighted by molar-refractivity contribution is -0.112. The summed E-state index contributed by atoms with van der Waals surface area (Å²) < 4.78 is 20.6. The van der Waals surface area contributed by atoms with E-state index in [4.69, 9.17) is 4.74 Å². The first-order valence-electron chi connectivity index (χ1n) is 8.38. The number of nitrogens with one attached hydrogen (secondary N) is 1. The van der Waals surface area contributed by atoms with Crippen molar-refractivity contribution in [1.29, 1.82) is 5.26 Å². The van der Waals surface area contributed by atoms with Crippen LogP contribution in [-0.2, 0) is 9.53 Å². The number of hydrogen-bond acceptors (Lipinski definition) is 4. The molecule has 3 rings (SSSR count). The van der Waals surface area contributed by atoms with Gasteiger partial charge < -0.3 is 15.0 Å². The number of anilines is 2. The van der Waals surface area contributed by atoms with Gasteiger partial charge in [-0.25, -0.2) is 4.39 Å². The van der Waals surface area contributed by atoms with E-state index in [9.17, 15) is 14.4 Å². The lowest BCUT2D eigenvalue weighted by Crippen LogP contribution is -2.36. The molecule has 7 heteroatoms. The Morgan fingerprint density at radius 2 is 1.93 bits per heavy atom. The molecule has 1 heterocycles. The van der Waals surface area contributed by atoms with Gasteiger partial charge in [0.05, 0.1) is 18.9 Å². The van der Waals surface area contributed by atoms with Gasteiger partial charge in [0.25, 0.3) is 5.91 Å². The summed E-state index contributed by atoms with van der Waals surface area (Å²) in [7, 11) is 0. The van der Waals surface area contributed by atoms with Crippen molar-refractivity contribution in [3.8, 4) is 6.07 Å². The van der Waals surface area contributed by atoms with Gasteiger partial charge >= 0.3 is 0 Å². The van der Waals surface area contributed by atoms with Crippen LogP contribution in [0.2, 0.25) is 0 Å². The van der Waals surface area contributed by atoms with E-state index in [1.165, 1.54) is 12.1 Å². The quantitative estimate of drug-likeness (QED) is 0.589. The lowest BCUT2D eigenvalue weighted by atomic mass is 10.1. The number of benzene rings is 2. The average molecular weight is 430 g/mol. The summed E-state index contributed by atoms with van der Waals surface area (Å²) in [5, 5.41) is 12.0. The second-order valence-electron chi connectivity index (χ2n) is 5.94. The van der Waals surface area contributed by atoms with Crippen molar-refractivity contribution in [1.82, 2.24) is 0 Å². The van der Waals surface area contributed by atoms with Crippen LogP contribution in [0.1, 0.15) is 5.56 Å². The fraction of sp³-hybridized carbons (Fsp3) is 0.200. The first-order chi connectivity index (χ1) is 13.1. The van der Waals surface area contributed by atoms with Gasteiger partial charge in [-0.1, -0.05) is 22.0 Å². The van der Waals surface area contributed by atoms with Crippen molar-refractivity contribution in [2.45, 2.75) is 0 Å². The van der Waals surface area contributed by atoms with Crippen molar-refractivity contribution < 1.29 is 13.9 Å². The molecule has 0 aromatic heterocycles. The number of halogens is 2. The van der Waals surface area contributed by atoms with E-state index in [2.05, 4.69) is 21.2 Å². The fourth-order valence-corrected chi connectivity index (χ4v) is 2.98. The Labute approximate surface area is 165 Å². The number of hydrogen-bond donors (Lipinski definition) is 1. The normalized spacial score (nSPS) is 14.6. The van der Waals surface area contributed by atoms with Crippen LogP contribution in [0.25, 0.3) is 6.08 Å². The molecule has 2 aromatic carbocycles. The van der Waals surface area contributed by atoms with Crippen LogP contribution in [0, 0.1) is 17.1 Å². The molecule has 1 aliphatic heterocycles. The molecule has 0 aliphatic carbocycles. The van der Waals surface area contributed by atoms with Crippen molar-refractivity contribution in [3.05, 3.63) is 63.9 Å². The van der Waals surface area contributed by atoms with Gasteiger partial charge in [0.1, 0.15) is 17.5 Å². The second kappa shape index (κ2) is 8.80. The highest BCUT2D eigenvalue weighted by Crippen LogP contribution is 2.23. The van der Waals surface area contributed by atoms with E-state index in [1.54, 1.807) is 36.4 Å². The summed E-state index contributed by atoms with van der Waals surface area (Å²) in [5.74, 6) is -0.936. The summed E-state index contributed by atoms with van der Waals surface area (Å²) in [4.78, 5) is 14.2. The van der Waals surface area contributed by atoms with Gasteiger partial charge in [-0.2, -0.15) is 5.26 Å². The largest absolute Gasteiger partial charge is 0.378 e. The molecule has 138 valence electrons. The molecule has 2 aromatic rings. The van der Waals surface area contributed by atoms with Crippen molar-refractivity contribution in [3.63, 3.8) is 0 Å². The molecular formula is C20H17BrFN3O2. The highest BCUT2D eigenvalue weighted by molar-refractivity contribution is 9.10. The molecule has 0 unspecified atom stereocenters. The summed E-state index contributed by atoms with van der Waals surface area (Å²) in [6, 6.07) is 13.5. The van der Waals surface area contributed by atoms with Gasteiger partial charge in [-0.15, -0.1) is 0 Å². The van der Waals surface area contributed by atoms with E-state index in [1.807, 2.05) is 11.0 Å². The minimum Gasteiger partial charge on any atom is -0.378 e. The van der Waals surface area contributed by atoms with Crippen LogP contribution in [0.15, 0.2) is 52.5 Å². The number of amides is 1. The summed E-state index contributed by atoms with van der Waals surface area (Å²) in [5.41, 5.74) is 1.41. The van der Waals surface area contributed by atoms with Crippen LogP contribution < -0.4 is 10.2 Å². The molecule has 1 N–H and O–H groups in total. The van der Waals surface area contributed by atoms with Gasteiger partial charge in [-0.05, 0) is 48.0 Å². The molecule has 0 bridgehead atoms. The number of carbonyl (C=O) groups is 1. The maximum atomic E-state index is 14.5. The molecular weight excluding hydrogens is 413 g/mol. The van der Waals surface area contributed by atoms with Crippen LogP contribution in [0.4, 0.5) is 15.8 Å². The summed E-state index contributed by atoms with van der Waals surface area (Å²) in [6.07, 6.45) is 1.38. The highest BCUT2D eigenvalue weighted by Gasteiger charge is 2.16. The van der Waals surface area contributed by atoms with Gasteiger partial charge in [0, 0.05) is 23.2 Å². The van der Waals surface area contributed by atoms with Crippen molar-refractivity contribution in [2.24, 2.45) is 0 Å². The first-order valence-corrected chi connectivity index (χ1v) is 9.17. The Morgan fingerprint density at radius 3 is 2.56 bits per heavy atom. The Bertz CT molecular complexity index is 900. The fourth-order valence-electron chi connectivity index (χ4n) is 2.72. The maximum Gasteiger partial charge on any atom is 0.266 e. The van der Waals surface area contributed by atoms with Crippen LogP contribution in [0.5, 0.6) is 0 Å². The highest BCUT2D eigenvalue weighted by atomic mass is 79.9. The zero-order valence-corrected chi connectivity index (χ0v) is 16.0. The summed E-state index contributed by atoms with van der Waals surface area (Å²) >= 11 is 3.32. The Hall–Kier alpha value is -2.69. The minimum absolute atomic E-state index is 0.101. The Kier molecular flexibility index (Phi) is 6.22. The topological polar surface area (TPSA) is 65.4 Å². The molecule has 0 saturated carbocycles. The van der Waals surface area contributed by atoms with E-state index >= 15 is 0 Å². The zero-order chi connectivity index (χ0) is 19.2. The number of morpholine rings is 1. The lowest BCUT2D eigenvalue weighted by Gasteiger charge is -2.29. The molecule has 1 fully saturated rings. The van der Waals surface area contributed by atoms with Crippen LogP contribution in [-0.4, -0.2) is 32.2 Å². The molecule has 5 nitrogen and oxygen atoms in total. The van der Waals surface area contributed by atoms with Gasteiger partial charge in [-0.3, -0.25) is 4.79 Å². The molecule has 1 saturated heterocycles. The smallest absolute Gasteiger partial charge is 0.266 e. The predicted octanol–water partition coefficient (Wildman–Crippen LogP) is 3.97. The number of carbonyl (C=O) groups excluding carboxylic acids is 1. The monoisotopic (exact) mass is 429 g/mol. The minimum atomic E-state index is -0.544. The zero-order valence-electron chi connectivity index (χ0n) is 14.4. The van der Waals surface area contributed by atoms with Gasteiger partial charge in [0.2, 0.25) is 0 Å². The Balaban J connectivity index is 1.76. The molecule has 0 radical (unpaired) electrons. The SMILES string of the molecule is N#C/C(=C/c1ccc(N2CCOCC2)c(F)c1)C(=O)Nc1ccc(Br)cc1. The first kappa shape index (κ1) is 19.1. The van der Waals surface area contributed by atoms with Crippen LogP contribution >= 0.6 is 15.9 Å². The average Bonchev–Trinajstić information content (AvgIpc) is 2.68. The predicted molar refractivity (Wildman–Crippen MR) is 106 cm³/mol. The van der Waals surface area contributed by atoms with E-state index in [-0.39, 0.29) is 5.57 Å². The Morgan fingerprint density at radius 1 is 1.22 bits per heavy atom. The molecule has 27 heavy (non-hydrogen) atoms. The van der Waals surface area contributed by atoms with Gasteiger partial charge in [0.15, 0.2) is 0 Å². The van der Waals surface area contributed by atoms with E-state index < -0.39 is 11.7 Å². The van der Waals surface area contributed by atoms with E-state index in [0.717, 1.165) is 4.47 Å². The number of nitriles is 1. The molecule has 1 aliphatic rings. The van der Waals surface area contributed by atoms with E-state index in [0.29, 0.717) is 43.2 Å². The molecule has 0 atom stereocenters. The second-order valence-corrected chi connectivity index (χ2v) is 6.86. The van der Waals surface area contributed by atoms with Crippen LogP contribution in [0.3, 0.4) is 0 Å². The maximum absolute atomic E-state index is 14.5. The third-order valence-electron chi connectivity index (χ3n) is 4.10.